The summed E-state index contributed by atoms with van der Waals surface area (Å²) >= 11 is 0. The number of hydrogen-bond acceptors (Lipinski definition) is 0. The average Bonchev–Trinajstić information content (AvgIpc) is 1.83. The summed E-state index contributed by atoms with van der Waals surface area (Å²) in [5.41, 5.74) is 0. The molecule has 0 saturated carbocycles. The van der Waals surface area contributed by atoms with Crippen LogP contribution in [0.15, 0.2) is 0 Å². The second-order valence-electron chi connectivity index (χ2n) is 3.16. The minimum absolute atomic E-state index is 0.258. The molecule has 0 N–H and O–H groups in total. The summed E-state index contributed by atoms with van der Waals surface area (Å²) < 4.78 is 13.0. The van der Waals surface area contributed by atoms with Gasteiger partial charge < -0.3 is 0 Å². The minimum Gasteiger partial charge on any atom is -0.247 e. The number of hydrogen-bond donors (Lipinski definition) is 0. The van der Waals surface area contributed by atoms with Gasteiger partial charge in [-0.25, -0.2) is 4.39 Å². The van der Waals surface area contributed by atoms with Gasteiger partial charge in [-0.1, -0.05) is 26.5 Å². The quantitative estimate of drug-likeness (QED) is 0.437. The third-order valence-corrected chi connectivity index (χ3v) is 2.16. The zero-order valence-corrected chi connectivity index (χ0v) is 6.10. The average molecular weight is 127 g/mol. The van der Waals surface area contributed by atoms with E-state index in [1.165, 1.54) is 0 Å². The van der Waals surface area contributed by atoms with Gasteiger partial charge in [0.1, 0.15) is 13.5 Å². The van der Waals surface area contributed by atoms with E-state index >= 15 is 0 Å². The molecule has 1 aliphatic rings. The lowest BCUT2D eigenvalue weighted by Crippen LogP contribution is -2.28. The second kappa shape index (κ2) is 2.72. The fraction of sp³-hybridized carbons (Fsp3) is 1.00. The molecule has 0 bridgehead atoms. The van der Waals surface area contributed by atoms with Gasteiger partial charge in [0, 0.05) is 0 Å². The molecule has 1 rings (SSSR count). The third kappa shape index (κ3) is 1.47. The van der Waals surface area contributed by atoms with Gasteiger partial charge in [0.15, 0.2) is 0 Å². The van der Waals surface area contributed by atoms with Gasteiger partial charge in [0.25, 0.3) is 0 Å². The van der Waals surface area contributed by atoms with Gasteiger partial charge in [0.05, 0.1) is 0 Å². The Morgan fingerprint density at radius 2 is 1.67 bits per heavy atom. The molecule has 0 aliphatic carbocycles. The molecule has 0 aromatic heterocycles. The molecule has 0 aromatic carbocycles. The lowest BCUT2D eigenvalue weighted by Gasteiger charge is -2.27. The van der Waals surface area contributed by atoms with E-state index in [1.807, 2.05) is 13.8 Å². The van der Waals surface area contributed by atoms with E-state index in [-0.39, 0.29) is 11.8 Å². The summed E-state index contributed by atoms with van der Waals surface area (Å²) in [6.45, 7) is 3.97. The van der Waals surface area contributed by atoms with Gasteiger partial charge in [-0.15, -0.1) is 0 Å². The van der Waals surface area contributed by atoms with Crippen LogP contribution in [0.1, 0.15) is 13.8 Å². The Morgan fingerprint density at radius 1 is 1.22 bits per heavy atom. The first kappa shape index (κ1) is 7.11. The van der Waals surface area contributed by atoms with Crippen molar-refractivity contribution in [2.75, 3.05) is 0 Å². The van der Waals surface area contributed by atoms with Crippen molar-refractivity contribution in [1.82, 2.24) is 0 Å². The van der Waals surface area contributed by atoms with Crippen LogP contribution in [-0.4, -0.2) is 13.5 Å². The topological polar surface area (TPSA) is 0 Å². The summed E-state index contributed by atoms with van der Waals surface area (Å²) in [4.78, 5) is 0. The smallest absolute Gasteiger partial charge is 0.110 e. The van der Waals surface area contributed by atoms with Crippen LogP contribution in [0.5, 0.6) is 0 Å². The van der Waals surface area contributed by atoms with Crippen molar-refractivity contribution in [3.05, 3.63) is 0 Å². The molecule has 9 heavy (non-hydrogen) atoms. The van der Waals surface area contributed by atoms with Gasteiger partial charge in [-0.3, -0.25) is 0 Å². The van der Waals surface area contributed by atoms with Crippen LogP contribution in [0.25, 0.3) is 0 Å². The molecule has 0 aromatic rings. The largest absolute Gasteiger partial charge is 0.247 e. The Balaban J connectivity index is 2.41. The molecule has 51 valence electrons. The monoisotopic (exact) mass is 127 g/mol. The van der Waals surface area contributed by atoms with Crippen LogP contribution in [-0.2, 0) is 0 Å². The van der Waals surface area contributed by atoms with Crippen molar-refractivity contribution in [1.29, 1.82) is 0 Å². The van der Waals surface area contributed by atoms with E-state index in [0.717, 1.165) is 12.6 Å². The van der Waals surface area contributed by atoms with Crippen LogP contribution in [0.4, 0.5) is 4.39 Å². The van der Waals surface area contributed by atoms with Gasteiger partial charge in [0.2, 0.25) is 0 Å². The summed E-state index contributed by atoms with van der Waals surface area (Å²) in [6.07, 6.45) is 1.37. The highest BCUT2D eigenvalue weighted by atomic mass is 19.1. The van der Waals surface area contributed by atoms with Crippen molar-refractivity contribution < 1.29 is 4.39 Å². The zero-order chi connectivity index (χ0) is 6.85. The molecule has 0 amide bonds. The van der Waals surface area contributed by atoms with Crippen LogP contribution < -0.4 is 0 Å². The SMILES string of the molecule is CC1C[B]CC(C)C1F. The number of rotatable bonds is 0. The van der Waals surface area contributed by atoms with Crippen LogP contribution in [0.3, 0.4) is 0 Å². The first-order valence-electron chi connectivity index (χ1n) is 3.67. The Kier molecular flexibility index (Phi) is 2.15. The first-order valence-corrected chi connectivity index (χ1v) is 3.67. The summed E-state index contributed by atoms with van der Waals surface area (Å²) in [7, 11) is 2.20. The molecule has 0 spiro atoms. The normalized spacial score (nSPS) is 44.1. The van der Waals surface area contributed by atoms with E-state index in [9.17, 15) is 4.39 Å². The predicted molar refractivity (Wildman–Crippen MR) is 38.6 cm³/mol. The van der Waals surface area contributed by atoms with Crippen molar-refractivity contribution >= 4 is 7.28 Å². The summed E-state index contributed by atoms with van der Waals surface area (Å²) in [6, 6.07) is 0. The Bertz CT molecular complexity index is 84.9. The van der Waals surface area contributed by atoms with Gasteiger partial charge in [-0.05, 0) is 11.8 Å². The second-order valence-corrected chi connectivity index (χ2v) is 3.16. The van der Waals surface area contributed by atoms with Crippen molar-refractivity contribution in [3.63, 3.8) is 0 Å². The zero-order valence-electron chi connectivity index (χ0n) is 6.10. The van der Waals surface area contributed by atoms with Crippen molar-refractivity contribution in [3.8, 4) is 0 Å². The first-order chi connectivity index (χ1) is 4.22. The van der Waals surface area contributed by atoms with Gasteiger partial charge in [-0.2, -0.15) is 0 Å². The molecule has 2 atom stereocenters. The highest BCUT2D eigenvalue weighted by Gasteiger charge is 2.27. The van der Waals surface area contributed by atoms with E-state index in [0.29, 0.717) is 0 Å². The molecule has 0 nitrogen and oxygen atoms in total. The van der Waals surface area contributed by atoms with Crippen LogP contribution >= 0.6 is 0 Å². The number of halogens is 1. The Morgan fingerprint density at radius 3 is 2.00 bits per heavy atom. The Hall–Kier alpha value is -0.00506. The van der Waals surface area contributed by atoms with E-state index in [1.54, 1.807) is 0 Å². The van der Waals surface area contributed by atoms with Crippen molar-refractivity contribution in [2.24, 2.45) is 11.8 Å². The molecule has 2 heteroatoms. The van der Waals surface area contributed by atoms with Crippen LogP contribution in [0, 0.1) is 11.8 Å². The fourth-order valence-corrected chi connectivity index (χ4v) is 1.44. The van der Waals surface area contributed by atoms with E-state index < -0.39 is 6.17 Å². The van der Waals surface area contributed by atoms with Crippen molar-refractivity contribution in [2.45, 2.75) is 32.7 Å². The fourth-order valence-electron chi connectivity index (χ4n) is 1.44. The lowest BCUT2D eigenvalue weighted by atomic mass is 9.56. The third-order valence-electron chi connectivity index (χ3n) is 2.16. The highest BCUT2D eigenvalue weighted by molar-refractivity contribution is 6.35. The van der Waals surface area contributed by atoms with E-state index in [4.69, 9.17) is 0 Å². The Labute approximate surface area is 57.1 Å². The minimum atomic E-state index is -0.560. The van der Waals surface area contributed by atoms with Crippen LogP contribution in [0.2, 0.25) is 12.6 Å². The molecule has 1 heterocycles. The maximum atomic E-state index is 13.0. The lowest BCUT2D eigenvalue weighted by molar-refractivity contribution is 0.181. The molecule has 1 fully saturated rings. The van der Waals surface area contributed by atoms with Gasteiger partial charge >= 0.3 is 0 Å². The predicted octanol–water partition coefficient (Wildman–Crippen LogP) is 2.15. The maximum Gasteiger partial charge on any atom is 0.110 e. The molecule has 2 unspecified atom stereocenters. The summed E-state index contributed by atoms with van der Waals surface area (Å²) in [5, 5.41) is 0. The van der Waals surface area contributed by atoms with E-state index in [2.05, 4.69) is 7.28 Å². The molecule has 1 saturated heterocycles. The molecule has 1 radical (unpaired) electrons. The standard InChI is InChI=1S/C7H13BF/c1-5-3-8-4-6(2)7(5)9/h5-7H,3-4H2,1-2H3. The number of alkyl halides is 1. The molecular weight excluding hydrogens is 114 g/mol. The summed E-state index contributed by atoms with van der Waals surface area (Å²) in [5.74, 6) is 0.516. The molecular formula is C7H13BF. The molecule has 1 aliphatic heterocycles. The highest BCUT2D eigenvalue weighted by Crippen LogP contribution is 2.28. The maximum absolute atomic E-state index is 13.0.